The smallest absolute Gasteiger partial charge is 0.301 e. The summed E-state index contributed by atoms with van der Waals surface area (Å²) in [4.78, 5) is 0. The van der Waals surface area contributed by atoms with Crippen molar-refractivity contribution in [3.63, 3.8) is 0 Å². The Morgan fingerprint density at radius 2 is 2.25 bits per heavy atom. The highest BCUT2D eigenvalue weighted by atomic mass is 15.3. The van der Waals surface area contributed by atoms with Crippen LogP contribution in [-0.2, 0) is 0 Å². The Morgan fingerprint density at radius 1 is 1.56 bits per heavy atom. The third kappa shape index (κ3) is 2.50. The molecule has 1 aliphatic rings. The minimum absolute atomic E-state index is 0.375. The fourth-order valence-electron chi connectivity index (χ4n) is 1.72. The lowest BCUT2D eigenvalue weighted by Gasteiger charge is -2.20. The van der Waals surface area contributed by atoms with Gasteiger partial charge in [0.2, 0.25) is 0 Å². The van der Waals surface area contributed by atoms with Crippen molar-refractivity contribution in [1.29, 1.82) is 0 Å². The molecule has 0 aromatic heterocycles. The molecule has 0 fully saturated rings. The summed E-state index contributed by atoms with van der Waals surface area (Å²) in [6, 6.07) is 0. The number of allylic oxidation sites excluding steroid dienone is 2. The number of nitrogens with zero attached hydrogens (tertiary/aromatic N) is 2. The van der Waals surface area contributed by atoms with Gasteiger partial charge in [0.15, 0.2) is 0 Å². The lowest BCUT2D eigenvalue weighted by Crippen LogP contribution is -2.28. The predicted octanol–water partition coefficient (Wildman–Crippen LogP) is 1.70. The molecule has 86 valence electrons. The van der Waals surface area contributed by atoms with E-state index in [4.69, 9.17) is 0 Å². The first-order chi connectivity index (χ1) is 7.61. The molecule has 0 radical (unpaired) electrons. The first kappa shape index (κ1) is 12.5. The number of rotatable bonds is 3. The molecule has 0 bridgehead atoms. The van der Waals surface area contributed by atoms with Crippen molar-refractivity contribution in [2.75, 3.05) is 6.54 Å². The van der Waals surface area contributed by atoms with Crippen LogP contribution in [0.25, 0.3) is 0 Å². The number of hydrazone groups is 1. The highest BCUT2D eigenvalue weighted by molar-refractivity contribution is 6.18. The van der Waals surface area contributed by atoms with Gasteiger partial charge in [-0.15, -0.1) is 4.67 Å². The van der Waals surface area contributed by atoms with Gasteiger partial charge in [-0.3, -0.25) is 0 Å². The van der Waals surface area contributed by atoms with Crippen LogP contribution in [-0.4, -0.2) is 25.2 Å². The molecule has 3 heteroatoms. The number of hydrogen-bond donors (Lipinski definition) is 1. The lowest BCUT2D eigenvalue weighted by atomic mass is 9.92. The van der Waals surface area contributed by atoms with E-state index in [1.807, 2.05) is 13.1 Å². The van der Waals surface area contributed by atoms with E-state index in [1.54, 1.807) is 0 Å². The van der Waals surface area contributed by atoms with Gasteiger partial charge in [-0.1, -0.05) is 19.9 Å². The van der Waals surface area contributed by atoms with E-state index >= 15 is 0 Å². The van der Waals surface area contributed by atoms with E-state index in [0.29, 0.717) is 5.92 Å². The zero-order valence-electron chi connectivity index (χ0n) is 10.5. The SMILES string of the molecule is C=[N+]=CC1=C(/C(C)=C\C)CNN=C1C(C)C. The topological polar surface area (TPSA) is 38.5 Å². The van der Waals surface area contributed by atoms with Crippen LogP contribution >= 0.6 is 0 Å². The summed E-state index contributed by atoms with van der Waals surface area (Å²) in [5.74, 6) is 0.375. The zero-order valence-corrected chi connectivity index (χ0v) is 10.5. The van der Waals surface area contributed by atoms with E-state index in [2.05, 4.69) is 48.8 Å². The standard InChI is InChI=1S/C13H20N3/c1-6-10(4)11-8-15-16-13(9(2)3)12(11)7-14-5/h6-7,9,15H,5,8H2,1-4H3/q+1/b10-6-. The molecular weight excluding hydrogens is 198 g/mol. The van der Waals surface area contributed by atoms with Gasteiger partial charge in [0.25, 0.3) is 6.72 Å². The van der Waals surface area contributed by atoms with Crippen LogP contribution in [0.3, 0.4) is 0 Å². The molecule has 1 rings (SSSR count). The van der Waals surface area contributed by atoms with E-state index in [0.717, 1.165) is 17.8 Å². The van der Waals surface area contributed by atoms with E-state index in [9.17, 15) is 0 Å². The molecule has 0 amide bonds. The lowest BCUT2D eigenvalue weighted by molar-refractivity contribution is 0.754. The first-order valence-electron chi connectivity index (χ1n) is 5.58. The zero-order chi connectivity index (χ0) is 12.1. The molecule has 0 aliphatic carbocycles. The summed E-state index contributed by atoms with van der Waals surface area (Å²) in [5.41, 5.74) is 7.76. The Bertz CT molecular complexity index is 405. The van der Waals surface area contributed by atoms with Crippen molar-refractivity contribution in [1.82, 2.24) is 10.1 Å². The van der Waals surface area contributed by atoms with Gasteiger partial charge in [0, 0.05) is 0 Å². The molecule has 0 saturated carbocycles. The maximum Gasteiger partial charge on any atom is 0.301 e. The molecule has 0 unspecified atom stereocenters. The number of hydrogen-bond acceptors (Lipinski definition) is 2. The molecule has 1 N–H and O–H groups in total. The molecule has 16 heavy (non-hydrogen) atoms. The highest BCUT2D eigenvalue weighted by Crippen LogP contribution is 2.20. The van der Waals surface area contributed by atoms with Crippen LogP contribution in [0, 0.1) is 5.92 Å². The second-order valence-corrected chi connectivity index (χ2v) is 4.16. The maximum atomic E-state index is 4.36. The summed E-state index contributed by atoms with van der Waals surface area (Å²) in [6.45, 7) is 12.7. The van der Waals surface area contributed by atoms with Crippen molar-refractivity contribution < 1.29 is 0 Å². The van der Waals surface area contributed by atoms with Crippen molar-refractivity contribution in [3.8, 4) is 0 Å². The van der Waals surface area contributed by atoms with Crippen molar-refractivity contribution >= 4 is 18.6 Å². The minimum Gasteiger partial charge on any atom is -0.305 e. The molecule has 0 saturated heterocycles. The van der Waals surface area contributed by atoms with Crippen LogP contribution in [0.4, 0.5) is 0 Å². The quantitative estimate of drug-likeness (QED) is 0.568. The predicted molar refractivity (Wildman–Crippen MR) is 72.1 cm³/mol. The van der Waals surface area contributed by atoms with Gasteiger partial charge in [0.05, 0.1) is 17.8 Å². The summed E-state index contributed by atoms with van der Waals surface area (Å²) in [7, 11) is 0. The molecule has 1 heterocycles. The average molecular weight is 218 g/mol. The summed E-state index contributed by atoms with van der Waals surface area (Å²) in [6.07, 6.45) is 3.92. The molecular formula is C13H20N3+. The van der Waals surface area contributed by atoms with Crippen molar-refractivity contribution in [2.24, 2.45) is 11.0 Å². The Morgan fingerprint density at radius 3 is 2.75 bits per heavy atom. The second kappa shape index (κ2) is 5.47. The molecule has 3 nitrogen and oxygen atoms in total. The van der Waals surface area contributed by atoms with Gasteiger partial charge in [-0.2, -0.15) is 5.10 Å². The van der Waals surface area contributed by atoms with Gasteiger partial charge in [-0.05, 0) is 30.9 Å². The van der Waals surface area contributed by atoms with E-state index < -0.39 is 0 Å². The normalized spacial score (nSPS) is 16.8. The van der Waals surface area contributed by atoms with Gasteiger partial charge in [0.1, 0.15) is 0 Å². The summed E-state index contributed by atoms with van der Waals surface area (Å²) < 4.78 is 3.89. The Hall–Kier alpha value is -1.60. The van der Waals surface area contributed by atoms with Crippen LogP contribution in [0.15, 0.2) is 27.9 Å². The van der Waals surface area contributed by atoms with Crippen LogP contribution in [0.5, 0.6) is 0 Å². The average Bonchev–Trinajstić information content (AvgIpc) is 2.28. The molecule has 1 aliphatic heterocycles. The number of nitrogens with one attached hydrogen (secondary N) is 1. The van der Waals surface area contributed by atoms with Crippen LogP contribution in [0.2, 0.25) is 0 Å². The summed E-state index contributed by atoms with van der Waals surface area (Å²) in [5, 5.41) is 4.36. The van der Waals surface area contributed by atoms with Gasteiger partial charge < -0.3 is 5.43 Å². The molecule has 0 aromatic rings. The third-order valence-electron chi connectivity index (χ3n) is 2.73. The minimum atomic E-state index is 0.375. The first-order valence-corrected chi connectivity index (χ1v) is 5.58. The van der Waals surface area contributed by atoms with Gasteiger partial charge in [-0.25, -0.2) is 0 Å². The fraction of sp³-hybridized carbons (Fsp3) is 0.462. The Labute approximate surface area is 97.4 Å². The maximum absolute atomic E-state index is 4.36. The summed E-state index contributed by atoms with van der Waals surface area (Å²) >= 11 is 0. The monoisotopic (exact) mass is 218 g/mol. The van der Waals surface area contributed by atoms with Crippen LogP contribution < -0.4 is 10.1 Å². The largest absolute Gasteiger partial charge is 0.305 e. The highest BCUT2D eigenvalue weighted by Gasteiger charge is 2.22. The molecule has 0 spiro atoms. The van der Waals surface area contributed by atoms with E-state index in [1.165, 1.54) is 11.1 Å². The van der Waals surface area contributed by atoms with E-state index in [-0.39, 0.29) is 0 Å². The Balaban J connectivity index is 3.31. The van der Waals surface area contributed by atoms with Gasteiger partial charge >= 0.3 is 6.21 Å². The fourth-order valence-corrected chi connectivity index (χ4v) is 1.72. The van der Waals surface area contributed by atoms with Crippen molar-refractivity contribution in [3.05, 3.63) is 22.8 Å². The van der Waals surface area contributed by atoms with Crippen LogP contribution in [0.1, 0.15) is 27.7 Å². The third-order valence-corrected chi connectivity index (χ3v) is 2.73. The van der Waals surface area contributed by atoms with Crippen molar-refractivity contribution in [2.45, 2.75) is 27.7 Å². The molecule has 0 aromatic carbocycles. The second-order valence-electron chi connectivity index (χ2n) is 4.16. The molecule has 0 atom stereocenters. The Kier molecular flexibility index (Phi) is 4.27.